The molecule has 1 unspecified atom stereocenters. The third-order valence-corrected chi connectivity index (χ3v) is 7.78. The van der Waals surface area contributed by atoms with Crippen molar-refractivity contribution in [2.45, 2.75) is 57.4 Å². The van der Waals surface area contributed by atoms with Crippen molar-refractivity contribution in [3.05, 3.63) is 34.7 Å². The number of hydrogen-bond donors (Lipinski definition) is 2. The summed E-state index contributed by atoms with van der Waals surface area (Å²) in [7, 11) is 0. The van der Waals surface area contributed by atoms with Crippen molar-refractivity contribution >= 4 is 16.5 Å². The Morgan fingerprint density at radius 1 is 1.17 bits per heavy atom. The molecule has 0 bridgehead atoms. The predicted molar refractivity (Wildman–Crippen MR) is 124 cm³/mol. The van der Waals surface area contributed by atoms with Gasteiger partial charge in [-0.2, -0.15) is 0 Å². The summed E-state index contributed by atoms with van der Waals surface area (Å²) >= 11 is 1.73. The van der Waals surface area contributed by atoms with Gasteiger partial charge in [0.1, 0.15) is 0 Å². The fraction of sp³-hybridized carbons (Fsp3) is 0.625. The van der Waals surface area contributed by atoms with E-state index in [0.29, 0.717) is 0 Å². The lowest BCUT2D eigenvalue weighted by Gasteiger charge is -2.38. The van der Waals surface area contributed by atoms with Crippen LogP contribution in [0.4, 0.5) is 5.13 Å². The SMILES string of the molecule is CC1(C)CCCc2ccc(-c3csc(N4CCN(C(CO)CCCO)CC4)n3)cc21. The van der Waals surface area contributed by atoms with Gasteiger partial charge in [0.15, 0.2) is 5.13 Å². The first-order valence-electron chi connectivity index (χ1n) is 11.3. The molecule has 4 rings (SSSR count). The van der Waals surface area contributed by atoms with Gasteiger partial charge in [0.2, 0.25) is 0 Å². The number of piperazine rings is 1. The van der Waals surface area contributed by atoms with E-state index in [9.17, 15) is 5.11 Å². The number of anilines is 1. The van der Waals surface area contributed by atoms with Crippen LogP contribution in [0.25, 0.3) is 11.3 Å². The second-order valence-electron chi connectivity index (χ2n) is 9.35. The zero-order valence-corrected chi connectivity index (χ0v) is 19.1. The molecule has 1 aliphatic heterocycles. The van der Waals surface area contributed by atoms with Gasteiger partial charge in [-0.25, -0.2) is 4.98 Å². The van der Waals surface area contributed by atoms with Crippen molar-refractivity contribution < 1.29 is 10.2 Å². The molecule has 2 heterocycles. The van der Waals surface area contributed by atoms with Crippen LogP contribution in [0.15, 0.2) is 23.6 Å². The van der Waals surface area contributed by atoms with Gasteiger partial charge in [0, 0.05) is 49.8 Å². The van der Waals surface area contributed by atoms with Crippen LogP contribution in [0.3, 0.4) is 0 Å². The number of aryl methyl sites for hydroxylation is 1. The van der Waals surface area contributed by atoms with E-state index in [1.54, 1.807) is 11.3 Å². The van der Waals surface area contributed by atoms with Crippen molar-refractivity contribution in [2.75, 3.05) is 44.3 Å². The first-order chi connectivity index (χ1) is 14.5. The Balaban J connectivity index is 1.43. The molecule has 1 aromatic carbocycles. The molecule has 30 heavy (non-hydrogen) atoms. The van der Waals surface area contributed by atoms with Crippen molar-refractivity contribution in [3.63, 3.8) is 0 Å². The number of nitrogens with zero attached hydrogens (tertiary/aromatic N) is 3. The smallest absolute Gasteiger partial charge is 0.185 e. The van der Waals surface area contributed by atoms with Crippen LogP contribution in [0.1, 0.15) is 50.7 Å². The predicted octanol–water partition coefficient (Wildman–Crippen LogP) is 3.68. The van der Waals surface area contributed by atoms with Crippen molar-refractivity contribution in [1.29, 1.82) is 0 Å². The number of fused-ring (bicyclic) bond motifs is 1. The molecular weight excluding hydrogens is 394 g/mol. The van der Waals surface area contributed by atoms with Crippen LogP contribution in [-0.4, -0.2) is 65.5 Å². The summed E-state index contributed by atoms with van der Waals surface area (Å²) in [6.07, 6.45) is 5.33. The molecule has 0 radical (unpaired) electrons. The first-order valence-corrected chi connectivity index (χ1v) is 12.2. The van der Waals surface area contributed by atoms with E-state index in [-0.39, 0.29) is 24.7 Å². The molecule has 1 aromatic heterocycles. The number of rotatable bonds is 7. The Morgan fingerprint density at radius 3 is 2.70 bits per heavy atom. The summed E-state index contributed by atoms with van der Waals surface area (Å²) < 4.78 is 0. The molecule has 164 valence electrons. The monoisotopic (exact) mass is 429 g/mol. The number of aliphatic hydroxyl groups excluding tert-OH is 2. The fourth-order valence-electron chi connectivity index (χ4n) is 4.98. The average molecular weight is 430 g/mol. The number of aliphatic hydroxyl groups is 2. The Kier molecular flexibility index (Phi) is 6.78. The van der Waals surface area contributed by atoms with Gasteiger partial charge in [-0.1, -0.05) is 26.0 Å². The van der Waals surface area contributed by atoms with Crippen LogP contribution < -0.4 is 4.90 Å². The quantitative estimate of drug-likeness (QED) is 0.703. The maximum absolute atomic E-state index is 9.69. The number of benzene rings is 1. The number of hydrogen-bond acceptors (Lipinski definition) is 6. The van der Waals surface area contributed by atoms with Crippen LogP contribution in [0.2, 0.25) is 0 Å². The second kappa shape index (κ2) is 9.35. The highest BCUT2D eigenvalue weighted by molar-refractivity contribution is 7.14. The molecule has 2 aliphatic rings. The first kappa shape index (κ1) is 21.8. The van der Waals surface area contributed by atoms with Gasteiger partial charge >= 0.3 is 0 Å². The summed E-state index contributed by atoms with van der Waals surface area (Å²) in [5.74, 6) is 0. The van der Waals surface area contributed by atoms with E-state index in [2.05, 4.69) is 47.2 Å². The van der Waals surface area contributed by atoms with E-state index >= 15 is 0 Å². The molecule has 1 atom stereocenters. The Hall–Kier alpha value is -1.47. The Bertz CT molecular complexity index is 843. The topological polar surface area (TPSA) is 59.8 Å². The lowest BCUT2D eigenvalue weighted by molar-refractivity contribution is 0.104. The third-order valence-electron chi connectivity index (χ3n) is 6.88. The number of thiazole rings is 1. The summed E-state index contributed by atoms with van der Waals surface area (Å²) in [5.41, 5.74) is 5.55. The third kappa shape index (κ3) is 4.57. The molecule has 2 aromatic rings. The molecule has 5 nitrogen and oxygen atoms in total. The van der Waals surface area contributed by atoms with Crippen molar-refractivity contribution in [2.24, 2.45) is 0 Å². The van der Waals surface area contributed by atoms with Gasteiger partial charge in [-0.15, -0.1) is 11.3 Å². The molecule has 1 aliphatic carbocycles. The molecule has 1 saturated heterocycles. The minimum absolute atomic E-state index is 0.157. The zero-order chi connectivity index (χ0) is 21.1. The highest BCUT2D eigenvalue weighted by Gasteiger charge is 2.28. The zero-order valence-electron chi connectivity index (χ0n) is 18.3. The van der Waals surface area contributed by atoms with Gasteiger partial charge < -0.3 is 15.1 Å². The average Bonchev–Trinajstić information content (AvgIpc) is 3.25. The standard InChI is InChI=1S/C24H35N3O2S/c1-24(2)9-3-5-18-7-8-19(15-21(18)24)22-17-30-23(25-22)27-12-10-26(11-13-27)20(16-29)6-4-14-28/h7-8,15,17,20,28-29H,3-6,9-14,16H2,1-2H3. The summed E-state index contributed by atoms with van der Waals surface area (Å²) in [5, 5.41) is 22.1. The van der Waals surface area contributed by atoms with Gasteiger partial charge in [-0.05, 0) is 54.7 Å². The van der Waals surface area contributed by atoms with E-state index in [4.69, 9.17) is 10.1 Å². The van der Waals surface area contributed by atoms with Crippen molar-refractivity contribution in [1.82, 2.24) is 9.88 Å². The number of aromatic nitrogens is 1. The largest absolute Gasteiger partial charge is 0.396 e. The summed E-state index contributed by atoms with van der Waals surface area (Å²) in [6.45, 7) is 8.80. The van der Waals surface area contributed by atoms with Gasteiger partial charge in [0.05, 0.1) is 12.3 Å². The minimum atomic E-state index is 0.157. The maximum Gasteiger partial charge on any atom is 0.185 e. The van der Waals surface area contributed by atoms with E-state index in [0.717, 1.165) is 49.8 Å². The fourth-order valence-corrected chi connectivity index (χ4v) is 5.86. The molecule has 0 spiro atoms. The van der Waals surface area contributed by atoms with E-state index in [1.165, 1.54) is 36.0 Å². The molecule has 1 fully saturated rings. The van der Waals surface area contributed by atoms with Crippen LogP contribution in [-0.2, 0) is 11.8 Å². The van der Waals surface area contributed by atoms with Crippen LogP contribution >= 0.6 is 11.3 Å². The van der Waals surface area contributed by atoms with Crippen LogP contribution in [0, 0.1) is 0 Å². The Labute approximate surface area is 184 Å². The lowest BCUT2D eigenvalue weighted by atomic mass is 9.72. The van der Waals surface area contributed by atoms with E-state index in [1.807, 2.05) is 0 Å². The molecular formula is C24H35N3O2S. The lowest BCUT2D eigenvalue weighted by Crippen LogP contribution is -2.51. The summed E-state index contributed by atoms with van der Waals surface area (Å²) in [6, 6.07) is 7.08. The summed E-state index contributed by atoms with van der Waals surface area (Å²) in [4.78, 5) is 9.71. The van der Waals surface area contributed by atoms with Gasteiger partial charge in [-0.3, -0.25) is 4.90 Å². The van der Waals surface area contributed by atoms with Crippen LogP contribution in [0.5, 0.6) is 0 Å². The molecule has 0 amide bonds. The van der Waals surface area contributed by atoms with E-state index < -0.39 is 0 Å². The normalized spacial score (nSPS) is 20.2. The van der Waals surface area contributed by atoms with Gasteiger partial charge in [0.25, 0.3) is 0 Å². The Morgan fingerprint density at radius 2 is 1.97 bits per heavy atom. The maximum atomic E-state index is 9.69. The molecule has 2 N–H and O–H groups in total. The van der Waals surface area contributed by atoms with Crippen molar-refractivity contribution in [3.8, 4) is 11.3 Å². The second-order valence-corrected chi connectivity index (χ2v) is 10.2. The minimum Gasteiger partial charge on any atom is -0.396 e. The molecule has 6 heteroatoms. The molecule has 0 saturated carbocycles. The highest BCUT2D eigenvalue weighted by Crippen LogP contribution is 2.39. The highest BCUT2D eigenvalue weighted by atomic mass is 32.1.